The molecule has 1 fully saturated rings. The topological polar surface area (TPSA) is 58.6 Å². The van der Waals surface area contributed by atoms with Gasteiger partial charge in [-0.2, -0.15) is 11.8 Å². The molecule has 1 N–H and O–H groups in total. The van der Waals surface area contributed by atoms with E-state index in [4.69, 9.17) is 4.74 Å². The van der Waals surface area contributed by atoms with Crippen molar-refractivity contribution in [3.8, 4) is 0 Å². The Labute approximate surface area is 135 Å². The minimum atomic E-state index is -0.237. The summed E-state index contributed by atoms with van der Waals surface area (Å²) in [7, 11) is 0. The van der Waals surface area contributed by atoms with Crippen molar-refractivity contribution >= 4 is 29.3 Å². The Morgan fingerprint density at radius 2 is 2.05 bits per heavy atom. The first-order valence-corrected chi connectivity index (χ1v) is 8.63. The number of amides is 2. The quantitative estimate of drug-likeness (QED) is 0.902. The minimum Gasteiger partial charge on any atom is -0.372 e. The molecular weight excluding hydrogens is 300 g/mol. The molecule has 120 valence electrons. The van der Waals surface area contributed by atoms with Crippen LogP contribution >= 0.6 is 11.8 Å². The summed E-state index contributed by atoms with van der Waals surface area (Å²) in [6, 6.07) is 5.51. The molecule has 1 aliphatic rings. The van der Waals surface area contributed by atoms with Crippen molar-refractivity contribution in [2.75, 3.05) is 43.1 Å². The summed E-state index contributed by atoms with van der Waals surface area (Å²) in [6.45, 7) is 5.72. The predicted octanol–water partition coefficient (Wildman–Crippen LogP) is 2.16. The molecule has 0 aliphatic carbocycles. The van der Waals surface area contributed by atoms with Crippen LogP contribution < -0.4 is 5.32 Å². The maximum atomic E-state index is 12.7. The van der Waals surface area contributed by atoms with Crippen molar-refractivity contribution < 1.29 is 14.3 Å². The molecule has 6 heteroatoms. The molecule has 1 saturated heterocycles. The number of carbonyl (C=O) groups excluding carboxylic acids is 2. The van der Waals surface area contributed by atoms with E-state index in [0.29, 0.717) is 17.9 Å². The Hall–Kier alpha value is -1.53. The van der Waals surface area contributed by atoms with Crippen LogP contribution in [0, 0.1) is 6.92 Å². The molecule has 1 aliphatic heterocycles. The van der Waals surface area contributed by atoms with E-state index in [1.807, 2.05) is 42.6 Å². The van der Waals surface area contributed by atoms with Gasteiger partial charge in [-0.25, -0.2) is 0 Å². The number of para-hydroxylation sites is 1. The molecular formula is C16H22N2O3S. The molecule has 2 amide bonds. The van der Waals surface area contributed by atoms with Gasteiger partial charge < -0.3 is 15.0 Å². The molecule has 2 rings (SSSR count). The molecule has 1 aromatic carbocycles. The number of ether oxygens (including phenoxy) is 1. The van der Waals surface area contributed by atoms with Gasteiger partial charge in [0.25, 0.3) is 5.91 Å². The lowest BCUT2D eigenvalue weighted by molar-refractivity contribution is -0.120. The highest BCUT2D eigenvalue weighted by Crippen LogP contribution is 2.23. The number of carbonyl (C=O) groups is 2. The van der Waals surface area contributed by atoms with Crippen molar-refractivity contribution in [3.05, 3.63) is 29.3 Å². The molecule has 0 aromatic heterocycles. The second-order valence-electron chi connectivity index (χ2n) is 5.09. The Balaban J connectivity index is 2.18. The third kappa shape index (κ3) is 4.24. The maximum Gasteiger partial charge on any atom is 0.256 e. The summed E-state index contributed by atoms with van der Waals surface area (Å²) >= 11 is 1.86. The van der Waals surface area contributed by atoms with Crippen LogP contribution in [-0.4, -0.2) is 54.5 Å². The number of nitrogens with zero attached hydrogens (tertiary/aromatic N) is 1. The lowest BCUT2D eigenvalue weighted by Crippen LogP contribution is -2.38. The summed E-state index contributed by atoms with van der Waals surface area (Å²) in [5, 5.41) is 2.82. The fourth-order valence-electron chi connectivity index (χ4n) is 2.32. The zero-order chi connectivity index (χ0) is 15.9. The van der Waals surface area contributed by atoms with Crippen LogP contribution in [0.15, 0.2) is 18.2 Å². The molecule has 0 saturated carbocycles. The molecule has 0 unspecified atom stereocenters. The third-order valence-corrected chi connectivity index (χ3v) is 4.45. The normalized spacial score (nSPS) is 14.7. The zero-order valence-corrected chi connectivity index (χ0v) is 13.9. The minimum absolute atomic E-state index is 0.00117. The van der Waals surface area contributed by atoms with Crippen molar-refractivity contribution in [1.29, 1.82) is 0 Å². The first-order valence-electron chi connectivity index (χ1n) is 7.47. The standard InChI is InChI=1S/C16H22N2O3S/c1-3-21-11-14(19)17-15-12(2)5-4-6-13(15)16(20)18-7-9-22-10-8-18/h4-6H,3,7-11H2,1-2H3,(H,17,19). The lowest BCUT2D eigenvalue weighted by Gasteiger charge is -2.27. The van der Waals surface area contributed by atoms with Crippen LogP contribution in [0.4, 0.5) is 5.69 Å². The van der Waals surface area contributed by atoms with E-state index in [1.54, 1.807) is 6.07 Å². The monoisotopic (exact) mass is 322 g/mol. The van der Waals surface area contributed by atoms with E-state index in [-0.39, 0.29) is 18.4 Å². The first-order chi connectivity index (χ1) is 10.6. The SMILES string of the molecule is CCOCC(=O)Nc1c(C)cccc1C(=O)N1CCSCC1. The Morgan fingerprint density at radius 1 is 1.32 bits per heavy atom. The summed E-state index contributed by atoms with van der Waals surface area (Å²) < 4.78 is 5.11. The van der Waals surface area contributed by atoms with Gasteiger partial charge in [-0.15, -0.1) is 0 Å². The molecule has 0 radical (unpaired) electrons. The predicted molar refractivity (Wildman–Crippen MR) is 89.5 cm³/mol. The van der Waals surface area contributed by atoms with Gasteiger partial charge in [0.1, 0.15) is 6.61 Å². The van der Waals surface area contributed by atoms with E-state index < -0.39 is 0 Å². The molecule has 22 heavy (non-hydrogen) atoms. The second kappa shape index (κ2) is 8.19. The number of thioether (sulfide) groups is 1. The number of rotatable bonds is 5. The van der Waals surface area contributed by atoms with Crippen molar-refractivity contribution in [3.63, 3.8) is 0 Å². The number of hydrogen-bond acceptors (Lipinski definition) is 4. The van der Waals surface area contributed by atoms with Gasteiger partial charge in [0, 0.05) is 31.2 Å². The number of hydrogen-bond donors (Lipinski definition) is 1. The van der Waals surface area contributed by atoms with E-state index in [9.17, 15) is 9.59 Å². The summed E-state index contributed by atoms with van der Waals surface area (Å²) in [5.74, 6) is 1.67. The van der Waals surface area contributed by atoms with Gasteiger partial charge in [0.2, 0.25) is 5.91 Å². The Bertz CT molecular complexity index is 542. The number of benzene rings is 1. The number of nitrogens with one attached hydrogen (secondary N) is 1. The Kier molecular flexibility index (Phi) is 6.27. The van der Waals surface area contributed by atoms with Crippen LogP contribution in [0.25, 0.3) is 0 Å². The van der Waals surface area contributed by atoms with Crippen LogP contribution in [0.1, 0.15) is 22.8 Å². The molecule has 1 heterocycles. The average molecular weight is 322 g/mol. The van der Waals surface area contributed by atoms with Gasteiger partial charge in [0.15, 0.2) is 0 Å². The van der Waals surface area contributed by atoms with E-state index in [2.05, 4.69) is 5.32 Å². The van der Waals surface area contributed by atoms with Crippen molar-refractivity contribution in [1.82, 2.24) is 4.90 Å². The van der Waals surface area contributed by atoms with E-state index in [0.717, 1.165) is 30.2 Å². The van der Waals surface area contributed by atoms with Gasteiger partial charge in [-0.1, -0.05) is 12.1 Å². The largest absolute Gasteiger partial charge is 0.372 e. The third-order valence-electron chi connectivity index (χ3n) is 3.50. The zero-order valence-electron chi connectivity index (χ0n) is 13.1. The van der Waals surface area contributed by atoms with Crippen LogP contribution in [0.3, 0.4) is 0 Å². The maximum absolute atomic E-state index is 12.7. The first kappa shape index (κ1) is 16.8. The van der Waals surface area contributed by atoms with Crippen LogP contribution in [0.5, 0.6) is 0 Å². The van der Waals surface area contributed by atoms with Crippen LogP contribution in [-0.2, 0) is 9.53 Å². The number of aryl methyl sites for hydroxylation is 1. The highest BCUT2D eigenvalue weighted by molar-refractivity contribution is 7.99. The Morgan fingerprint density at radius 3 is 2.73 bits per heavy atom. The van der Waals surface area contributed by atoms with E-state index >= 15 is 0 Å². The summed E-state index contributed by atoms with van der Waals surface area (Å²) in [5.41, 5.74) is 2.02. The highest BCUT2D eigenvalue weighted by atomic mass is 32.2. The smallest absolute Gasteiger partial charge is 0.256 e. The highest BCUT2D eigenvalue weighted by Gasteiger charge is 2.22. The number of anilines is 1. The van der Waals surface area contributed by atoms with Crippen molar-refractivity contribution in [2.24, 2.45) is 0 Å². The lowest BCUT2D eigenvalue weighted by atomic mass is 10.1. The second-order valence-corrected chi connectivity index (χ2v) is 6.31. The fourth-order valence-corrected chi connectivity index (χ4v) is 3.22. The summed E-state index contributed by atoms with van der Waals surface area (Å²) in [6.07, 6.45) is 0. The molecule has 0 spiro atoms. The van der Waals surface area contributed by atoms with Gasteiger partial charge in [-0.05, 0) is 25.5 Å². The van der Waals surface area contributed by atoms with Gasteiger partial charge in [0.05, 0.1) is 11.3 Å². The van der Waals surface area contributed by atoms with Crippen molar-refractivity contribution in [2.45, 2.75) is 13.8 Å². The van der Waals surface area contributed by atoms with Gasteiger partial charge >= 0.3 is 0 Å². The summed E-state index contributed by atoms with van der Waals surface area (Å²) in [4.78, 5) is 26.5. The molecule has 0 atom stereocenters. The molecule has 1 aromatic rings. The van der Waals surface area contributed by atoms with Crippen LogP contribution in [0.2, 0.25) is 0 Å². The van der Waals surface area contributed by atoms with E-state index in [1.165, 1.54) is 0 Å². The molecule has 5 nitrogen and oxygen atoms in total. The molecule has 0 bridgehead atoms. The fraction of sp³-hybridized carbons (Fsp3) is 0.500. The van der Waals surface area contributed by atoms with Gasteiger partial charge in [-0.3, -0.25) is 9.59 Å². The average Bonchev–Trinajstić information content (AvgIpc) is 2.55.